The van der Waals surface area contributed by atoms with Crippen LogP contribution in [0.5, 0.6) is 0 Å². The second kappa shape index (κ2) is 13.5. The Labute approximate surface area is 241 Å². The molecule has 0 radical (unpaired) electrons. The van der Waals surface area contributed by atoms with Crippen LogP contribution in [0, 0.1) is 0 Å². The summed E-state index contributed by atoms with van der Waals surface area (Å²) in [6.07, 6.45) is -13.7. The number of carbonyl (C=O) groups is 2. The number of amides is 2. The van der Waals surface area contributed by atoms with E-state index in [1.807, 2.05) is 5.32 Å². The van der Waals surface area contributed by atoms with E-state index in [1.54, 1.807) is 0 Å². The highest BCUT2D eigenvalue weighted by Gasteiger charge is 2.40. The Morgan fingerprint density at radius 2 is 1.54 bits per heavy atom. The molecule has 226 valence electrons. The van der Waals surface area contributed by atoms with Gasteiger partial charge in [-0.25, -0.2) is 0 Å². The summed E-state index contributed by atoms with van der Waals surface area (Å²) in [5, 5.41) is 2.57. The van der Waals surface area contributed by atoms with Crippen molar-refractivity contribution >= 4 is 52.7 Å². The third kappa shape index (κ3) is 9.97. The Bertz CT molecular complexity index is 1270. The van der Waals surface area contributed by atoms with Crippen LogP contribution in [-0.2, 0) is 15.7 Å². The third-order valence-corrected chi connectivity index (χ3v) is 6.41. The zero-order chi connectivity index (χ0) is 31.3. The van der Waals surface area contributed by atoms with Crippen LogP contribution in [0.3, 0.4) is 0 Å². The molecule has 2 atom stereocenters. The van der Waals surface area contributed by atoms with Crippen LogP contribution in [0.25, 0.3) is 6.08 Å². The molecular weight excluding hydrogens is 642 g/mol. The number of hydrogen-bond acceptors (Lipinski definition) is 3. The second-order valence-corrected chi connectivity index (χ2v) is 9.49. The Balaban J connectivity index is 2.42. The van der Waals surface area contributed by atoms with E-state index >= 15 is 0 Å². The summed E-state index contributed by atoms with van der Waals surface area (Å²) in [5.41, 5.74) is -3.49. The number of allylic oxidation sites excluding steroid dienone is 1. The molecule has 0 heterocycles. The van der Waals surface area contributed by atoms with Crippen molar-refractivity contribution in [1.29, 1.82) is 0 Å². The van der Waals surface area contributed by atoms with Gasteiger partial charge in [0, 0.05) is 7.11 Å². The van der Waals surface area contributed by atoms with Gasteiger partial charge in [-0.1, -0.05) is 53.0 Å². The van der Waals surface area contributed by atoms with Gasteiger partial charge in [-0.05, 0) is 35.4 Å². The van der Waals surface area contributed by atoms with Gasteiger partial charge in [0.25, 0.3) is 5.91 Å². The van der Waals surface area contributed by atoms with Gasteiger partial charge in [0.1, 0.15) is 12.6 Å². The molecular formula is C24H18Cl3F9N2O3. The Kier molecular flexibility index (Phi) is 11.4. The highest BCUT2D eigenvalue weighted by Crippen LogP contribution is 2.41. The number of nitrogens with one attached hydrogen (secondary N) is 2. The van der Waals surface area contributed by atoms with Gasteiger partial charge in [-0.3, -0.25) is 9.59 Å². The molecule has 2 rings (SSSR count). The van der Waals surface area contributed by atoms with Crippen molar-refractivity contribution in [2.45, 2.75) is 30.5 Å². The zero-order valence-corrected chi connectivity index (χ0v) is 22.6. The largest absolute Gasteiger partial charge is 0.417 e. The van der Waals surface area contributed by atoms with Gasteiger partial charge in [-0.2, -0.15) is 39.5 Å². The fourth-order valence-electron chi connectivity index (χ4n) is 3.37. The first-order valence-electron chi connectivity index (χ1n) is 11.0. The van der Waals surface area contributed by atoms with Crippen molar-refractivity contribution < 1.29 is 53.8 Å². The van der Waals surface area contributed by atoms with E-state index in [9.17, 15) is 49.1 Å². The number of benzene rings is 2. The van der Waals surface area contributed by atoms with E-state index in [0.29, 0.717) is 18.2 Å². The molecule has 41 heavy (non-hydrogen) atoms. The summed E-state index contributed by atoms with van der Waals surface area (Å²) in [7, 11) is 1.03. The lowest BCUT2D eigenvalue weighted by atomic mass is 9.96. The molecule has 0 saturated carbocycles. The third-order valence-electron chi connectivity index (χ3n) is 5.21. The van der Waals surface area contributed by atoms with Gasteiger partial charge >= 0.3 is 18.5 Å². The molecule has 2 unspecified atom stereocenters. The number of ether oxygens (including phenoxy) is 1. The number of methoxy groups -OCH3 is 1. The van der Waals surface area contributed by atoms with Crippen molar-refractivity contribution in [2.24, 2.45) is 0 Å². The summed E-state index contributed by atoms with van der Waals surface area (Å²) in [6, 6.07) is 1.90. The molecule has 0 bridgehead atoms. The Hall–Kier alpha value is -2.68. The first kappa shape index (κ1) is 34.5. The topological polar surface area (TPSA) is 67.4 Å². The predicted molar refractivity (Wildman–Crippen MR) is 133 cm³/mol. The van der Waals surface area contributed by atoms with E-state index in [2.05, 4.69) is 4.74 Å². The van der Waals surface area contributed by atoms with Crippen molar-refractivity contribution in [1.82, 2.24) is 10.6 Å². The predicted octanol–water partition coefficient (Wildman–Crippen LogP) is 7.45. The van der Waals surface area contributed by atoms with Crippen molar-refractivity contribution in [3.8, 4) is 0 Å². The number of halogens is 12. The lowest BCUT2D eigenvalue weighted by molar-refractivity contribution is -0.140. The molecule has 0 aromatic heterocycles. The lowest BCUT2D eigenvalue weighted by Gasteiger charge is -2.20. The van der Waals surface area contributed by atoms with Crippen LogP contribution in [0.15, 0.2) is 36.4 Å². The Morgan fingerprint density at radius 3 is 2.02 bits per heavy atom. The van der Waals surface area contributed by atoms with Crippen molar-refractivity contribution in [3.63, 3.8) is 0 Å². The summed E-state index contributed by atoms with van der Waals surface area (Å²) in [4.78, 5) is 24.7. The first-order valence-corrected chi connectivity index (χ1v) is 12.1. The number of hydrogen-bond donors (Lipinski definition) is 2. The molecule has 2 aromatic rings. The molecule has 0 aliphatic carbocycles. The minimum atomic E-state index is -5.20. The smallest absolute Gasteiger partial charge is 0.382 e. The molecule has 2 N–H and O–H groups in total. The van der Waals surface area contributed by atoms with E-state index in [4.69, 9.17) is 34.8 Å². The highest BCUT2D eigenvalue weighted by molar-refractivity contribution is 6.48. The molecule has 0 aliphatic heterocycles. The van der Waals surface area contributed by atoms with Crippen molar-refractivity contribution in [2.75, 3.05) is 20.3 Å². The maximum Gasteiger partial charge on any atom is 0.417 e. The van der Waals surface area contributed by atoms with Crippen molar-refractivity contribution in [3.05, 3.63) is 73.7 Å². The number of carbonyl (C=O) groups excluding carboxylic acids is 2. The summed E-state index contributed by atoms with van der Waals surface area (Å²) in [5.74, 6) is -5.25. The standard InChI is InChI=1S/C24H18Cl3F9N2O3/c1-41-9-18(21(40)37-10-22(28,29)30)38-20(39)13-4-2-11(6-15(13)24(34,35)36)3-5-14(23(31,32)33)12-7-16(25)19(27)17(26)8-12/h2-8,14,18H,9-10H2,1H3,(H,37,40)(H,38,39). The number of alkyl halides is 9. The average molecular weight is 660 g/mol. The summed E-state index contributed by atoms with van der Waals surface area (Å²) >= 11 is 17.4. The van der Waals surface area contributed by atoms with Gasteiger partial charge in [0.05, 0.1) is 38.7 Å². The van der Waals surface area contributed by atoms with Gasteiger partial charge < -0.3 is 15.4 Å². The molecule has 17 heteroatoms. The molecule has 0 spiro atoms. The summed E-state index contributed by atoms with van der Waals surface area (Å²) in [6.45, 7) is -2.46. The van der Waals surface area contributed by atoms with Crippen LogP contribution in [-0.4, -0.2) is 50.5 Å². The second-order valence-electron chi connectivity index (χ2n) is 8.29. The van der Waals surface area contributed by atoms with Gasteiger partial charge in [-0.15, -0.1) is 0 Å². The molecule has 0 aliphatic rings. The molecule has 2 aromatic carbocycles. The monoisotopic (exact) mass is 658 g/mol. The normalized spacial score (nSPS) is 14.2. The Morgan fingerprint density at radius 1 is 0.951 bits per heavy atom. The van der Waals surface area contributed by atoms with Gasteiger partial charge in [0.15, 0.2) is 0 Å². The van der Waals surface area contributed by atoms with Crippen LogP contribution < -0.4 is 10.6 Å². The van der Waals surface area contributed by atoms with E-state index < -0.39 is 77.7 Å². The minimum Gasteiger partial charge on any atom is -0.382 e. The van der Waals surface area contributed by atoms with Crippen LogP contribution >= 0.6 is 34.8 Å². The van der Waals surface area contributed by atoms with Crippen LogP contribution in [0.4, 0.5) is 39.5 Å². The fourth-order valence-corrected chi connectivity index (χ4v) is 3.98. The fraction of sp³-hybridized carbons (Fsp3) is 0.333. The SMILES string of the molecule is COCC(NC(=O)c1ccc(C=CC(c2cc(Cl)c(Cl)c(Cl)c2)C(F)(F)F)cc1C(F)(F)F)C(=O)NCC(F)(F)F. The molecule has 5 nitrogen and oxygen atoms in total. The van der Waals surface area contributed by atoms with E-state index in [1.165, 1.54) is 5.32 Å². The van der Waals surface area contributed by atoms with Gasteiger partial charge in [0.2, 0.25) is 5.91 Å². The first-order chi connectivity index (χ1) is 18.7. The lowest BCUT2D eigenvalue weighted by Crippen LogP contribution is -2.51. The average Bonchev–Trinajstić information content (AvgIpc) is 2.83. The molecule has 2 amide bonds. The maximum absolute atomic E-state index is 13.8. The zero-order valence-electron chi connectivity index (χ0n) is 20.4. The van der Waals surface area contributed by atoms with Crippen LogP contribution in [0.1, 0.15) is 33.0 Å². The quantitative estimate of drug-likeness (QED) is 0.217. The molecule has 0 fully saturated rings. The van der Waals surface area contributed by atoms with Crippen LogP contribution in [0.2, 0.25) is 15.1 Å². The maximum atomic E-state index is 13.8. The molecule has 0 saturated heterocycles. The summed E-state index contributed by atoms with van der Waals surface area (Å²) < 4.78 is 125. The van der Waals surface area contributed by atoms with E-state index in [0.717, 1.165) is 31.4 Å². The highest BCUT2D eigenvalue weighted by atomic mass is 35.5. The number of rotatable bonds is 9. The van der Waals surface area contributed by atoms with E-state index in [-0.39, 0.29) is 15.1 Å². The minimum absolute atomic E-state index is 0.198.